The van der Waals surface area contributed by atoms with Gasteiger partial charge in [-0.25, -0.2) is 0 Å². The molecule has 1 saturated heterocycles. The fourth-order valence-electron chi connectivity index (χ4n) is 7.35. The molecule has 1 aliphatic heterocycles. The zero-order chi connectivity index (χ0) is 27.7. The minimum atomic E-state index is -4.67. The van der Waals surface area contributed by atoms with Gasteiger partial charge in [0.2, 0.25) is 5.56 Å². The number of aromatic nitrogens is 1. The van der Waals surface area contributed by atoms with Crippen molar-refractivity contribution in [1.82, 2.24) is 8.87 Å². The summed E-state index contributed by atoms with van der Waals surface area (Å²) in [6.07, 6.45) is 3.84. The minimum absolute atomic E-state index is 0.0568. The SMILES string of the molecule is Cn1c(CCN([C@@H](Cc2coc3ccccc23)B2O[C@@H]3C[C@@H]4C[C@@H](C4(C)C)[C@]3(C)O2)S(=O)(=O)O)cccc1=O. The van der Waals surface area contributed by atoms with Gasteiger partial charge in [0.15, 0.2) is 0 Å². The molecule has 5 atom stereocenters. The number of para-hydroxylation sites is 1. The Morgan fingerprint density at radius 3 is 2.67 bits per heavy atom. The number of benzene rings is 1. The van der Waals surface area contributed by atoms with Crippen LogP contribution in [0.5, 0.6) is 0 Å². The number of rotatable bonds is 8. The molecule has 7 rings (SSSR count). The highest BCUT2D eigenvalue weighted by molar-refractivity contribution is 7.83. The van der Waals surface area contributed by atoms with Gasteiger partial charge in [0.05, 0.1) is 23.9 Å². The van der Waals surface area contributed by atoms with Crippen LogP contribution in [0.4, 0.5) is 0 Å². The summed E-state index contributed by atoms with van der Waals surface area (Å²) in [4.78, 5) is 12.2. The fraction of sp³-hybridized carbons (Fsp3) is 0.536. The van der Waals surface area contributed by atoms with Gasteiger partial charge in [-0.3, -0.25) is 9.35 Å². The van der Waals surface area contributed by atoms with Gasteiger partial charge >= 0.3 is 17.4 Å². The molecule has 9 nitrogen and oxygen atoms in total. The van der Waals surface area contributed by atoms with Crippen LogP contribution in [0.1, 0.15) is 44.9 Å². The normalized spacial score (nSPS) is 28.5. The molecule has 3 heterocycles. The van der Waals surface area contributed by atoms with E-state index < -0.39 is 29.0 Å². The molecule has 1 aromatic carbocycles. The van der Waals surface area contributed by atoms with Gasteiger partial charge in [-0.15, -0.1) is 0 Å². The average molecular weight is 554 g/mol. The topological polar surface area (TPSA) is 111 Å². The van der Waals surface area contributed by atoms with Crippen molar-refractivity contribution in [2.45, 2.75) is 64.1 Å². The molecule has 208 valence electrons. The molecule has 2 aromatic heterocycles. The molecule has 0 spiro atoms. The van der Waals surface area contributed by atoms with E-state index in [9.17, 15) is 17.8 Å². The maximum absolute atomic E-state index is 12.9. The van der Waals surface area contributed by atoms with Gasteiger partial charge in [0.1, 0.15) is 5.58 Å². The van der Waals surface area contributed by atoms with Crippen molar-refractivity contribution in [2.24, 2.45) is 24.3 Å². The third kappa shape index (κ3) is 4.39. The fourth-order valence-corrected chi connectivity index (χ4v) is 8.19. The molecule has 3 aliphatic carbocycles. The van der Waals surface area contributed by atoms with Crippen LogP contribution >= 0.6 is 0 Å². The third-order valence-electron chi connectivity index (χ3n) is 9.82. The molecule has 2 bridgehead atoms. The minimum Gasteiger partial charge on any atom is -0.464 e. The second kappa shape index (κ2) is 9.31. The van der Waals surface area contributed by atoms with Gasteiger partial charge < -0.3 is 18.3 Å². The van der Waals surface area contributed by atoms with E-state index in [1.165, 1.54) is 10.6 Å². The number of hydrogen-bond donors (Lipinski definition) is 1. The van der Waals surface area contributed by atoms with Crippen molar-refractivity contribution in [3.05, 3.63) is 70.3 Å². The van der Waals surface area contributed by atoms with Gasteiger partial charge in [-0.05, 0) is 61.1 Å². The first-order valence-electron chi connectivity index (χ1n) is 13.6. The van der Waals surface area contributed by atoms with Crippen LogP contribution in [0.3, 0.4) is 0 Å². The summed E-state index contributed by atoms with van der Waals surface area (Å²) in [6, 6.07) is 12.4. The average Bonchev–Trinajstić information content (AvgIpc) is 3.45. The number of furan rings is 1. The summed E-state index contributed by atoms with van der Waals surface area (Å²) in [6.45, 7) is 6.57. The van der Waals surface area contributed by atoms with E-state index in [0.29, 0.717) is 23.1 Å². The molecule has 39 heavy (non-hydrogen) atoms. The van der Waals surface area contributed by atoms with Gasteiger partial charge in [-0.1, -0.05) is 38.1 Å². The van der Waals surface area contributed by atoms with Crippen LogP contribution in [-0.2, 0) is 39.5 Å². The van der Waals surface area contributed by atoms with E-state index in [0.717, 1.165) is 28.1 Å². The molecular formula is C28H35BN2O7S. The number of nitrogens with zero attached hydrogens (tertiary/aromatic N) is 2. The summed E-state index contributed by atoms with van der Waals surface area (Å²) in [7, 11) is -3.91. The van der Waals surface area contributed by atoms with Crippen LogP contribution in [0.15, 0.2) is 57.9 Å². The van der Waals surface area contributed by atoms with Crippen LogP contribution < -0.4 is 5.56 Å². The number of fused-ring (bicyclic) bond motifs is 1. The molecule has 0 unspecified atom stereocenters. The van der Waals surface area contributed by atoms with Crippen molar-refractivity contribution in [3.8, 4) is 0 Å². The van der Waals surface area contributed by atoms with E-state index in [1.807, 2.05) is 24.3 Å². The van der Waals surface area contributed by atoms with Crippen LogP contribution in [-0.4, -0.2) is 53.2 Å². The Kier molecular flexibility index (Phi) is 6.39. The molecule has 0 amide bonds. The van der Waals surface area contributed by atoms with E-state index in [1.54, 1.807) is 25.4 Å². The Morgan fingerprint density at radius 1 is 1.15 bits per heavy atom. The van der Waals surface area contributed by atoms with E-state index in [-0.39, 0.29) is 36.5 Å². The molecule has 3 saturated carbocycles. The quantitative estimate of drug-likeness (QED) is 0.334. The Morgan fingerprint density at radius 2 is 1.92 bits per heavy atom. The molecule has 4 fully saturated rings. The Bertz CT molecular complexity index is 1570. The predicted octanol–water partition coefficient (Wildman–Crippen LogP) is 3.66. The van der Waals surface area contributed by atoms with E-state index in [4.69, 9.17) is 13.7 Å². The van der Waals surface area contributed by atoms with Crippen LogP contribution in [0, 0.1) is 17.3 Å². The standard InChI is InChI=1S/C28H35BN2O7S/c1-27(2)19-15-23(27)28(3)24(16-19)37-29(38-28)25(14-18-17-36-22-10-6-5-9-21(18)22)31(39(33,34)35)13-12-20-8-7-11-26(32)30(20)4/h5-11,17,19,23-25H,12-16H2,1-4H3,(H,33,34,35)/t19-,23-,24+,25-,28-/m0/s1. The van der Waals surface area contributed by atoms with Crippen LogP contribution in [0.25, 0.3) is 11.0 Å². The number of hydrogen-bond acceptors (Lipinski definition) is 6. The zero-order valence-corrected chi connectivity index (χ0v) is 23.6. The summed E-state index contributed by atoms with van der Waals surface area (Å²) in [5, 5.41) is 0.869. The highest BCUT2D eigenvalue weighted by Crippen LogP contribution is 2.65. The second-order valence-electron chi connectivity index (χ2n) is 12.1. The molecule has 3 aromatic rings. The Hall–Kier alpha value is -2.44. The lowest BCUT2D eigenvalue weighted by Crippen LogP contribution is -2.65. The summed E-state index contributed by atoms with van der Waals surface area (Å²) < 4.78 is 57.9. The van der Waals surface area contributed by atoms with E-state index in [2.05, 4.69) is 20.8 Å². The highest BCUT2D eigenvalue weighted by atomic mass is 32.2. The van der Waals surface area contributed by atoms with Crippen molar-refractivity contribution in [1.29, 1.82) is 0 Å². The third-order valence-corrected chi connectivity index (χ3v) is 10.9. The van der Waals surface area contributed by atoms with Crippen molar-refractivity contribution >= 4 is 28.4 Å². The van der Waals surface area contributed by atoms with Crippen molar-refractivity contribution < 1.29 is 26.7 Å². The van der Waals surface area contributed by atoms with Gasteiger partial charge in [0, 0.05) is 37.2 Å². The second-order valence-corrected chi connectivity index (χ2v) is 13.5. The van der Waals surface area contributed by atoms with Gasteiger partial charge in [-0.2, -0.15) is 12.7 Å². The summed E-state index contributed by atoms with van der Waals surface area (Å²) in [5.41, 5.74) is 1.54. The summed E-state index contributed by atoms with van der Waals surface area (Å²) in [5.74, 6) is -0.0205. The zero-order valence-electron chi connectivity index (χ0n) is 22.7. The first-order chi connectivity index (χ1) is 18.4. The molecule has 4 aliphatic rings. The number of pyridine rings is 1. The Balaban J connectivity index is 1.36. The summed E-state index contributed by atoms with van der Waals surface area (Å²) >= 11 is 0. The first-order valence-corrected chi connectivity index (χ1v) is 15.0. The molecule has 1 N–H and O–H groups in total. The maximum Gasteiger partial charge on any atom is 0.477 e. The molecular weight excluding hydrogens is 519 g/mol. The molecule has 11 heteroatoms. The highest BCUT2D eigenvalue weighted by Gasteiger charge is 2.69. The lowest BCUT2D eigenvalue weighted by molar-refractivity contribution is -0.199. The largest absolute Gasteiger partial charge is 0.477 e. The van der Waals surface area contributed by atoms with Crippen molar-refractivity contribution in [3.63, 3.8) is 0 Å². The van der Waals surface area contributed by atoms with Gasteiger partial charge in [0.25, 0.3) is 0 Å². The van der Waals surface area contributed by atoms with Crippen molar-refractivity contribution in [2.75, 3.05) is 6.54 Å². The monoisotopic (exact) mass is 554 g/mol. The first kappa shape index (κ1) is 26.8. The predicted molar refractivity (Wildman–Crippen MR) is 147 cm³/mol. The lowest BCUT2D eigenvalue weighted by atomic mass is 9.43. The Labute approximate surface area is 229 Å². The molecule has 0 radical (unpaired) electrons. The van der Waals surface area contributed by atoms with E-state index >= 15 is 0 Å². The lowest BCUT2D eigenvalue weighted by Gasteiger charge is -2.64. The maximum atomic E-state index is 12.9. The smallest absolute Gasteiger partial charge is 0.464 e. The van der Waals surface area contributed by atoms with Crippen LogP contribution in [0.2, 0.25) is 0 Å².